The first-order valence-corrected chi connectivity index (χ1v) is 16.2. The Hall–Kier alpha value is -5.45. The molecule has 45 heavy (non-hydrogen) atoms. The third-order valence-corrected chi connectivity index (χ3v) is 10.5. The van der Waals surface area contributed by atoms with E-state index in [4.69, 9.17) is 4.42 Å². The van der Waals surface area contributed by atoms with Crippen molar-refractivity contribution in [2.75, 3.05) is 5.32 Å². The molecule has 2 aromatic heterocycles. The number of nitrogens with one attached hydrogen (secondary N) is 1. The van der Waals surface area contributed by atoms with E-state index in [-0.39, 0.29) is 5.37 Å². The van der Waals surface area contributed by atoms with Gasteiger partial charge in [0.15, 0.2) is 0 Å². The Bertz CT molecular complexity index is 2600. The lowest BCUT2D eigenvalue weighted by Crippen LogP contribution is -2.02. The van der Waals surface area contributed by atoms with E-state index in [0.29, 0.717) is 0 Å². The molecular weight excluding hydrogens is 569 g/mol. The molecule has 0 fully saturated rings. The van der Waals surface area contributed by atoms with Gasteiger partial charge in [-0.2, -0.15) is 0 Å². The number of furan rings is 1. The lowest BCUT2D eigenvalue weighted by molar-refractivity contribution is 0.669. The number of anilines is 1. The second-order valence-corrected chi connectivity index (χ2v) is 12.9. The fourth-order valence-electron chi connectivity index (χ4n) is 7.10. The average molecular weight is 595 g/mol. The van der Waals surface area contributed by atoms with Crippen molar-refractivity contribution in [1.82, 2.24) is 4.57 Å². The van der Waals surface area contributed by atoms with Gasteiger partial charge in [-0.1, -0.05) is 115 Å². The summed E-state index contributed by atoms with van der Waals surface area (Å²) in [5.74, 6) is 0. The van der Waals surface area contributed by atoms with Crippen LogP contribution in [0.2, 0.25) is 0 Å². The number of hydrogen-bond donors (Lipinski definition) is 1. The molecule has 1 atom stereocenters. The minimum absolute atomic E-state index is 0.0963. The molecule has 3 heterocycles. The molecule has 1 N–H and O–H groups in total. The fraction of sp³-hybridized carbons (Fsp3) is 0.0244. The summed E-state index contributed by atoms with van der Waals surface area (Å²) in [6.45, 7) is 0. The van der Waals surface area contributed by atoms with Crippen LogP contribution in [0.4, 0.5) is 5.69 Å². The van der Waals surface area contributed by atoms with Crippen molar-refractivity contribution in [2.24, 2.45) is 0 Å². The molecule has 0 bridgehead atoms. The summed E-state index contributed by atoms with van der Waals surface area (Å²) in [6.07, 6.45) is 0. The van der Waals surface area contributed by atoms with E-state index < -0.39 is 0 Å². The zero-order valence-electron chi connectivity index (χ0n) is 24.2. The van der Waals surface area contributed by atoms with Crippen LogP contribution in [-0.2, 0) is 0 Å². The van der Waals surface area contributed by atoms with Gasteiger partial charge < -0.3 is 14.3 Å². The Morgan fingerprint density at radius 1 is 0.600 bits per heavy atom. The van der Waals surface area contributed by atoms with Crippen LogP contribution in [0.5, 0.6) is 0 Å². The molecule has 1 aliphatic heterocycles. The zero-order valence-corrected chi connectivity index (χ0v) is 25.0. The van der Waals surface area contributed by atoms with Crippen LogP contribution in [0.25, 0.3) is 71.3 Å². The summed E-state index contributed by atoms with van der Waals surface area (Å²) in [6, 6.07) is 52.3. The van der Waals surface area contributed by atoms with Crippen molar-refractivity contribution in [3.8, 4) is 16.8 Å². The van der Waals surface area contributed by atoms with Crippen LogP contribution in [0.1, 0.15) is 10.9 Å². The summed E-state index contributed by atoms with van der Waals surface area (Å²) in [4.78, 5) is 1.25. The fourth-order valence-corrected chi connectivity index (χ4v) is 8.38. The van der Waals surface area contributed by atoms with E-state index in [0.717, 1.165) is 39.1 Å². The van der Waals surface area contributed by atoms with Crippen LogP contribution in [0.15, 0.2) is 155 Å². The third-order valence-electron chi connectivity index (χ3n) is 9.20. The highest BCUT2D eigenvalue weighted by molar-refractivity contribution is 8.00. The minimum Gasteiger partial charge on any atom is -0.455 e. The predicted octanol–water partition coefficient (Wildman–Crippen LogP) is 11.7. The maximum absolute atomic E-state index is 6.51. The van der Waals surface area contributed by atoms with E-state index in [2.05, 4.69) is 149 Å². The highest BCUT2D eigenvalue weighted by atomic mass is 32.2. The number of nitrogens with zero attached hydrogens (tertiary/aromatic N) is 1. The van der Waals surface area contributed by atoms with Gasteiger partial charge in [-0.25, -0.2) is 0 Å². The first-order chi connectivity index (χ1) is 22.3. The Morgan fingerprint density at radius 3 is 2.16 bits per heavy atom. The van der Waals surface area contributed by atoms with Crippen molar-refractivity contribution in [1.29, 1.82) is 0 Å². The second kappa shape index (κ2) is 9.52. The van der Waals surface area contributed by atoms with Crippen LogP contribution < -0.4 is 5.32 Å². The second-order valence-electron chi connectivity index (χ2n) is 11.8. The number of benzene rings is 7. The van der Waals surface area contributed by atoms with Gasteiger partial charge in [0.2, 0.25) is 0 Å². The van der Waals surface area contributed by atoms with Gasteiger partial charge in [-0.05, 0) is 64.4 Å². The zero-order chi connectivity index (χ0) is 29.5. The van der Waals surface area contributed by atoms with Gasteiger partial charge in [0, 0.05) is 37.7 Å². The van der Waals surface area contributed by atoms with Crippen molar-refractivity contribution < 1.29 is 4.42 Å². The van der Waals surface area contributed by atoms with E-state index in [1.54, 1.807) is 0 Å². The molecule has 1 aliphatic rings. The summed E-state index contributed by atoms with van der Waals surface area (Å²) in [7, 11) is 0. The smallest absolute Gasteiger partial charge is 0.144 e. The minimum atomic E-state index is 0.0963. The van der Waals surface area contributed by atoms with Crippen molar-refractivity contribution in [3.05, 3.63) is 151 Å². The summed E-state index contributed by atoms with van der Waals surface area (Å²) >= 11 is 1.87. The molecule has 4 heteroatoms. The maximum atomic E-state index is 6.51. The normalized spacial score (nSPS) is 14.5. The molecule has 0 radical (unpaired) electrons. The molecule has 0 amide bonds. The number of rotatable bonds is 3. The SMILES string of the molecule is c1ccc(-c2cc3c(c4c2oc2ccccc24)SC(c2ccc(-n4c5ccccc5c5cc6ccccc6cc54)cc2)N3)cc1. The monoisotopic (exact) mass is 594 g/mol. The molecule has 0 saturated heterocycles. The number of aromatic nitrogens is 1. The van der Waals surface area contributed by atoms with Gasteiger partial charge in [-0.15, -0.1) is 0 Å². The molecule has 0 aliphatic carbocycles. The molecule has 1 unspecified atom stereocenters. The molecule has 3 nitrogen and oxygen atoms in total. The highest BCUT2D eigenvalue weighted by Gasteiger charge is 2.29. The summed E-state index contributed by atoms with van der Waals surface area (Å²) in [5.41, 5.74) is 10.2. The Labute approximate surface area is 263 Å². The highest BCUT2D eigenvalue weighted by Crippen LogP contribution is 2.54. The van der Waals surface area contributed by atoms with Crippen LogP contribution >= 0.6 is 11.8 Å². The van der Waals surface area contributed by atoms with Crippen molar-refractivity contribution in [2.45, 2.75) is 10.3 Å². The average Bonchev–Trinajstić information content (AvgIpc) is 3.79. The maximum Gasteiger partial charge on any atom is 0.144 e. The molecule has 9 aromatic rings. The lowest BCUT2D eigenvalue weighted by Gasteiger charge is -2.13. The first-order valence-electron chi connectivity index (χ1n) is 15.3. The quantitative estimate of drug-likeness (QED) is 0.221. The van der Waals surface area contributed by atoms with Crippen LogP contribution in [0, 0.1) is 0 Å². The molecule has 0 saturated carbocycles. The van der Waals surface area contributed by atoms with Crippen molar-refractivity contribution >= 4 is 72.0 Å². The summed E-state index contributed by atoms with van der Waals surface area (Å²) < 4.78 is 8.92. The van der Waals surface area contributed by atoms with E-state index in [1.165, 1.54) is 48.4 Å². The van der Waals surface area contributed by atoms with Gasteiger partial charge >= 0.3 is 0 Å². The number of fused-ring (bicyclic) bond motifs is 9. The Morgan fingerprint density at radius 2 is 1.31 bits per heavy atom. The standard InChI is InChI=1S/C41H26N2OS/c1-2-10-25(11-3-1)32-24-34-40(38-31-15-7-9-17-37(31)44-39(32)38)45-41(42-34)26-18-20-29(21-19-26)43-35-16-8-6-14-30(35)33-22-27-12-4-5-13-28(27)23-36(33)43/h1-24,41-42H. The van der Waals surface area contributed by atoms with Gasteiger partial charge in [0.1, 0.15) is 16.5 Å². The van der Waals surface area contributed by atoms with E-state index in [1.807, 2.05) is 17.8 Å². The third kappa shape index (κ3) is 3.73. The molecule has 212 valence electrons. The molecule has 10 rings (SSSR count). The lowest BCUT2D eigenvalue weighted by atomic mass is 10.0. The number of hydrogen-bond acceptors (Lipinski definition) is 3. The topological polar surface area (TPSA) is 30.1 Å². The molecular formula is C41H26N2OS. The first kappa shape index (κ1) is 24.9. The number of thioether (sulfide) groups is 1. The predicted molar refractivity (Wildman–Crippen MR) is 190 cm³/mol. The largest absolute Gasteiger partial charge is 0.455 e. The molecule has 7 aromatic carbocycles. The number of para-hydroxylation sites is 2. The van der Waals surface area contributed by atoms with Crippen LogP contribution in [-0.4, -0.2) is 4.57 Å². The van der Waals surface area contributed by atoms with Gasteiger partial charge in [0.05, 0.1) is 16.7 Å². The van der Waals surface area contributed by atoms with Gasteiger partial charge in [0.25, 0.3) is 0 Å². The summed E-state index contributed by atoms with van der Waals surface area (Å²) in [5, 5.41) is 11.4. The van der Waals surface area contributed by atoms with E-state index in [9.17, 15) is 0 Å². The van der Waals surface area contributed by atoms with Gasteiger partial charge in [-0.3, -0.25) is 0 Å². The molecule has 0 spiro atoms. The Balaban J connectivity index is 1.08. The van der Waals surface area contributed by atoms with Crippen molar-refractivity contribution in [3.63, 3.8) is 0 Å². The van der Waals surface area contributed by atoms with E-state index >= 15 is 0 Å². The Kier molecular flexibility index (Phi) is 5.28. The van der Waals surface area contributed by atoms with Crippen LogP contribution in [0.3, 0.4) is 0 Å².